The number of nitrogens with zero attached hydrogens (tertiary/aromatic N) is 2. The molecule has 0 aliphatic carbocycles. The molecule has 1 fully saturated rings. The molecular formula is C9H17N3O2. The first-order valence-electron chi connectivity index (χ1n) is 4.84. The lowest BCUT2D eigenvalue weighted by Crippen LogP contribution is -2.47. The van der Waals surface area contributed by atoms with Gasteiger partial charge >= 0.3 is 11.8 Å². The molecule has 0 spiro atoms. The minimum absolute atomic E-state index is 0.0575. The Morgan fingerprint density at radius 2 is 2.00 bits per heavy atom. The maximum atomic E-state index is 11.6. The van der Waals surface area contributed by atoms with Gasteiger partial charge in [0.05, 0.1) is 0 Å². The zero-order valence-electron chi connectivity index (χ0n) is 8.69. The van der Waals surface area contributed by atoms with E-state index in [2.05, 4.69) is 0 Å². The van der Waals surface area contributed by atoms with E-state index in [-0.39, 0.29) is 6.04 Å². The molecule has 0 aromatic heterocycles. The van der Waals surface area contributed by atoms with Crippen LogP contribution in [0.5, 0.6) is 0 Å². The number of hydrogen-bond donors (Lipinski definition) is 1. The molecule has 14 heavy (non-hydrogen) atoms. The Morgan fingerprint density at radius 1 is 1.36 bits per heavy atom. The van der Waals surface area contributed by atoms with Gasteiger partial charge in [-0.05, 0) is 13.3 Å². The number of likely N-dealkylation sites (N-methyl/N-ethyl adjacent to an activating group) is 1. The van der Waals surface area contributed by atoms with Gasteiger partial charge in [0.2, 0.25) is 0 Å². The maximum Gasteiger partial charge on any atom is 0.312 e. The van der Waals surface area contributed by atoms with Crippen molar-refractivity contribution in [3.05, 3.63) is 0 Å². The topological polar surface area (TPSA) is 66.6 Å². The summed E-state index contributed by atoms with van der Waals surface area (Å²) in [6.45, 7) is 3.50. The van der Waals surface area contributed by atoms with Crippen molar-refractivity contribution in [3.63, 3.8) is 0 Å². The van der Waals surface area contributed by atoms with Crippen molar-refractivity contribution in [2.45, 2.75) is 19.4 Å². The Hall–Kier alpha value is -1.10. The molecule has 2 amide bonds. The van der Waals surface area contributed by atoms with Crippen LogP contribution >= 0.6 is 0 Å². The molecule has 1 heterocycles. The van der Waals surface area contributed by atoms with Crippen LogP contribution in [0.4, 0.5) is 0 Å². The van der Waals surface area contributed by atoms with Crippen LogP contribution in [0.2, 0.25) is 0 Å². The minimum atomic E-state index is -0.428. The Balaban J connectivity index is 2.77. The highest BCUT2D eigenvalue weighted by molar-refractivity contribution is 6.35. The van der Waals surface area contributed by atoms with Crippen molar-refractivity contribution >= 4 is 11.8 Å². The third kappa shape index (κ3) is 2.04. The van der Waals surface area contributed by atoms with Gasteiger partial charge in [0.1, 0.15) is 0 Å². The predicted molar refractivity (Wildman–Crippen MR) is 52.5 cm³/mol. The van der Waals surface area contributed by atoms with Gasteiger partial charge in [-0.1, -0.05) is 0 Å². The lowest BCUT2D eigenvalue weighted by Gasteiger charge is -2.25. The fourth-order valence-corrected chi connectivity index (χ4v) is 1.52. The van der Waals surface area contributed by atoms with E-state index in [1.165, 1.54) is 4.90 Å². The monoisotopic (exact) mass is 199 g/mol. The van der Waals surface area contributed by atoms with Crippen LogP contribution in [0.1, 0.15) is 13.3 Å². The van der Waals surface area contributed by atoms with Crippen LogP contribution in [-0.2, 0) is 9.59 Å². The first-order chi connectivity index (χ1) is 6.57. The van der Waals surface area contributed by atoms with Crippen molar-refractivity contribution in [2.75, 3.05) is 26.7 Å². The lowest BCUT2D eigenvalue weighted by molar-refractivity contribution is -0.150. The molecule has 0 bridgehead atoms. The zero-order valence-corrected chi connectivity index (χ0v) is 8.69. The highest BCUT2D eigenvalue weighted by atomic mass is 16.2. The van der Waals surface area contributed by atoms with Crippen molar-refractivity contribution in [3.8, 4) is 0 Å². The quantitative estimate of drug-likeness (QED) is 0.581. The van der Waals surface area contributed by atoms with Crippen LogP contribution in [0, 0.1) is 0 Å². The first kappa shape index (κ1) is 11.0. The second kappa shape index (κ2) is 4.41. The summed E-state index contributed by atoms with van der Waals surface area (Å²) in [6, 6.07) is -0.0575. The van der Waals surface area contributed by atoms with E-state index in [0.717, 1.165) is 6.42 Å². The molecule has 0 saturated carbocycles. The Bertz CT molecular complexity index is 242. The standard InChI is InChI=1S/C9H17N3O2/c1-7(6-10)12-5-3-4-11(2)8(13)9(12)14/h7H,3-6,10H2,1-2H3. The van der Waals surface area contributed by atoms with Crippen LogP contribution in [0.25, 0.3) is 0 Å². The summed E-state index contributed by atoms with van der Waals surface area (Å²) in [7, 11) is 1.65. The molecular weight excluding hydrogens is 182 g/mol. The Morgan fingerprint density at radius 3 is 2.57 bits per heavy atom. The SMILES string of the molecule is CC(CN)N1CCCN(C)C(=O)C1=O. The Kier molecular flexibility index (Phi) is 3.46. The summed E-state index contributed by atoms with van der Waals surface area (Å²) in [6.07, 6.45) is 0.818. The molecule has 1 unspecified atom stereocenters. The van der Waals surface area contributed by atoms with Gasteiger partial charge in [0.15, 0.2) is 0 Å². The molecule has 1 rings (SSSR count). The molecule has 2 N–H and O–H groups in total. The van der Waals surface area contributed by atoms with Crippen LogP contribution in [0.15, 0.2) is 0 Å². The largest absolute Gasteiger partial charge is 0.337 e. The molecule has 1 atom stereocenters. The average molecular weight is 199 g/mol. The van der Waals surface area contributed by atoms with E-state index in [0.29, 0.717) is 19.6 Å². The smallest absolute Gasteiger partial charge is 0.312 e. The third-order valence-corrected chi connectivity index (χ3v) is 2.56. The number of nitrogens with two attached hydrogens (primary N) is 1. The van der Waals surface area contributed by atoms with Crippen molar-refractivity contribution < 1.29 is 9.59 Å². The van der Waals surface area contributed by atoms with E-state index >= 15 is 0 Å². The van der Waals surface area contributed by atoms with Crippen molar-refractivity contribution in [1.29, 1.82) is 0 Å². The van der Waals surface area contributed by atoms with Crippen LogP contribution in [0.3, 0.4) is 0 Å². The minimum Gasteiger partial charge on any atom is -0.337 e. The molecule has 1 aliphatic rings. The van der Waals surface area contributed by atoms with Gasteiger partial charge in [-0.25, -0.2) is 0 Å². The van der Waals surface area contributed by atoms with Crippen molar-refractivity contribution in [1.82, 2.24) is 9.80 Å². The van der Waals surface area contributed by atoms with E-state index < -0.39 is 11.8 Å². The van der Waals surface area contributed by atoms with Crippen molar-refractivity contribution in [2.24, 2.45) is 5.73 Å². The van der Waals surface area contributed by atoms with Gasteiger partial charge in [0, 0.05) is 32.7 Å². The predicted octanol–water partition coefficient (Wildman–Crippen LogP) is -0.976. The number of carbonyl (C=O) groups is 2. The van der Waals surface area contributed by atoms with E-state index in [9.17, 15) is 9.59 Å². The lowest BCUT2D eigenvalue weighted by atomic mass is 10.2. The summed E-state index contributed by atoms with van der Waals surface area (Å²) < 4.78 is 0. The molecule has 1 saturated heterocycles. The molecule has 80 valence electrons. The highest BCUT2D eigenvalue weighted by Gasteiger charge is 2.30. The number of carbonyl (C=O) groups excluding carboxylic acids is 2. The summed E-state index contributed by atoms with van der Waals surface area (Å²) in [5, 5.41) is 0. The van der Waals surface area contributed by atoms with Gasteiger partial charge in [-0.15, -0.1) is 0 Å². The Labute approximate surface area is 83.8 Å². The number of rotatable bonds is 2. The molecule has 5 heteroatoms. The summed E-state index contributed by atoms with van der Waals surface area (Å²) in [5.41, 5.74) is 5.48. The van der Waals surface area contributed by atoms with E-state index in [1.54, 1.807) is 11.9 Å². The second-order valence-electron chi connectivity index (χ2n) is 3.66. The zero-order chi connectivity index (χ0) is 10.7. The van der Waals surface area contributed by atoms with E-state index in [4.69, 9.17) is 5.73 Å². The van der Waals surface area contributed by atoms with Gasteiger partial charge < -0.3 is 15.5 Å². The summed E-state index contributed by atoms with van der Waals surface area (Å²) in [5.74, 6) is -0.856. The third-order valence-electron chi connectivity index (χ3n) is 2.56. The number of amides is 2. The maximum absolute atomic E-state index is 11.6. The average Bonchev–Trinajstić information content (AvgIpc) is 2.31. The number of hydrogen-bond acceptors (Lipinski definition) is 3. The summed E-state index contributed by atoms with van der Waals surface area (Å²) in [4.78, 5) is 26.1. The second-order valence-corrected chi connectivity index (χ2v) is 3.66. The van der Waals surface area contributed by atoms with Crippen LogP contribution < -0.4 is 5.73 Å². The normalized spacial score (nSPS) is 21.1. The van der Waals surface area contributed by atoms with E-state index in [1.807, 2.05) is 6.92 Å². The molecule has 5 nitrogen and oxygen atoms in total. The molecule has 0 aromatic rings. The van der Waals surface area contributed by atoms with Gasteiger partial charge in [-0.2, -0.15) is 0 Å². The molecule has 1 aliphatic heterocycles. The fraction of sp³-hybridized carbons (Fsp3) is 0.778. The first-order valence-corrected chi connectivity index (χ1v) is 4.84. The molecule has 0 aromatic carbocycles. The van der Waals surface area contributed by atoms with Gasteiger partial charge in [-0.3, -0.25) is 9.59 Å². The van der Waals surface area contributed by atoms with Crippen LogP contribution in [-0.4, -0.2) is 54.3 Å². The molecule has 0 radical (unpaired) electrons. The highest BCUT2D eigenvalue weighted by Crippen LogP contribution is 2.07. The summed E-state index contributed by atoms with van der Waals surface area (Å²) >= 11 is 0. The fourth-order valence-electron chi connectivity index (χ4n) is 1.52. The van der Waals surface area contributed by atoms with Gasteiger partial charge in [0.25, 0.3) is 0 Å².